The molecule has 0 atom stereocenters. The minimum atomic E-state index is -0.259. The second kappa shape index (κ2) is 5.15. The molecule has 5 heteroatoms. The van der Waals surface area contributed by atoms with Gasteiger partial charge >= 0.3 is 5.69 Å². The van der Waals surface area contributed by atoms with Crippen LogP contribution in [0.4, 0.5) is 0 Å². The first-order valence-corrected chi connectivity index (χ1v) is 6.81. The summed E-state index contributed by atoms with van der Waals surface area (Å²) < 4.78 is 3.07. The second-order valence-electron chi connectivity index (χ2n) is 5.70. The van der Waals surface area contributed by atoms with E-state index in [9.17, 15) is 9.59 Å². The van der Waals surface area contributed by atoms with E-state index < -0.39 is 0 Å². The average molecular weight is 275 g/mol. The molecule has 0 radical (unpaired) electrons. The van der Waals surface area contributed by atoms with Gasteiger partial charge in [-0.2, -0.15) is 0 Å². The summed E-state index contributed by atoms with van der Waals surface area (Å²) >= 11 is 0. The molecule has 0 spiro atoms. The van der Waals surface area contributed by atoms with E-state index in [-0.39, 0.29) is 23.7 Å². The molecule has 1 amide bonds. The number of carbonyl (C=O) groups excluding carboxylic acids is 1. The number of imidazole rings is 1. The molecule has 1 aromatic heterocycles. The summed E-state index contributed by atoms with van der Waals surface area (Å²) in [4.78, 5) is 24.3. The summed E-state index contributed by atoms with van der Waals surface area (Å²) in [5.74, 6) is -0.143. The number of carbonyl (C=O) groups is 1. The van der Waals surface area contributed by atoms with Gasteiger partial charge in [0.15, 0.2) is 0 Å². The van der Waals surface area contributed by atoms with E-state index in [4.69, 9.17) is 0 Å². The molecule has 5 nitrogen and oxygen atoms in total. The molecule has 1 N–H and O–H groups in total. The van der Waals surface area contributed by atoms with Crippen molar-refractivity contribution in [1.29, 1.82) is 0 Å². The number of fused-ring (bicyclic) bond motifs is 1. The third-order valence-corrected chi connectivity index (χ3v) is 3.72. The monoisotopic (exact) mass is 275 g/mol. The predicted molar refractivity (Wildman–Crippen MR) is 79.7 cm³/mol. The summed E-state index contributed by atoms with van der Waals surface area (Å²) in [6, 6.07) is 7.48. The second-order valence-corrected chi connectivity index (χ2v) is 5.70. The fraction of sp³-hybridized carbons (Fsp3) is 0.467. The molecule has 0 unspecified atom stereocenters. The number of hydrogen-bond acceptors (Lipinski definition) is 2. The summed E-state index contributed by atoms with van der Waals surface area (Å²) in [5, 5.41) is 2.95. The highest BCUT2D eigenvalue weighted by Gasteiger charge is 2.19. The maximum absolute atomic E-state index is 12.2. The number of benzene rings is 1. The molecule has 0 aliphatic heterocycles. The molecule has 1 aromatic carbocycles. The standard InChI is InChI=1S/C15H21N3O2/c1-5-15(2,3)16-13(19)10-18-12-9-7-6-8-11(12)17(4)14(18)20/h6-9H,5,10H2,1-4H3,(H,16,19). The van der Waals surface area contributed by atoms with Crippen molar-refractivity contribution in [2.45, 2.75) is 39.3 Å². The molecule has 2 rings (SSSR count). The molecule has 0 saturated heterocycles. The SMILES string of the molecule is CCC(C)(C)NC(=O)Cn1c(=O)n(C)c2ccccc21. The van der Waals surface area contributed by atoms with E-state index in [2.05, 4.69) is 5.32 Å². The topological polar surface area (TPSA) is 56.0 Å². The quantitative estimate of drug-likeness (QED) is 0.922. The first-order chi connectivity index (χ1) is 9.35. The number of nitrogens with one attached hydrogen (secondary N) is 1. The fourth-order valence-corrected chi connectivity index (χ4v) is 2.16. The van der Waals surface area contributed by atoms with Crippen molar-refractivity contribution < 1.29 is 4.79 Å². The number of rotatable bonds is 4. The van der Waals surface area contributed by atoms with Crippen molar-refractivity contribution in [3.05, 3.63) is 34.7 Å². The van der Waals surface area contributed by atoms with Crippen molar-refractivity contribution in [1.82, 2.24) is 14.5 Å². The van der Waals surface area contributed by atoms with Gasteiger partial charge in [0.05, 0.1) is 11.0 Å². The molecule has 1 heterocycles. The van der Waals surface area contributed by atoms with Gasteiger partial charge in [-0.15, -0.1) is 0 Å². The van der Waals surface area contributed by atoms with E-state index in [1.165, 1.54) is 4.57 Å². The van der Waals surface area contributed by atoms with Crippen LogP contribution in [0, 0.1) is 0 Å². The van der Waals surface area contributed by atoms with Gasteiger partial charge in [0.25, 0.3) is 0 Å². The summed E-state index contributed by atoms with van der Waals surface area (Å²) in [6.07, 6.45) is 0.836. The molecule has 20 heavy (non-hydrogen) atoms. The summed E-state index contributed by atoms with van der Waals surface area (Å²) in [5.41, 5.74) is 1.19. The van der Waals surface area contributed by atoms with Gasteiger partial charge in [-0.3, -0.25) is 13.9 Å². The van der Waals surface area contributed by atoms with E-state index in [1.807, 2.05) is 45.0 Å². The lowest BCUT2D eigenvalue weighted by atomic mass is 10.0. The third kappa shape index (κ3) is 2.61. The van der Waals surface area contributed by atoms with Crippen LogP contribution in [0.2, 0.25) is 0 Å². The molecule has 0 aliphatic rings. The van der Waals surface area contributed by atoms with Gasteiger partial charge in [0.1, 0.15) is 6.54 Å². The number of nitrogens with zero attached hydrogens (tertiary/aromatic N) is 2. The molecule has 0 fully saturated rings. The number of amides is 1. The van der Waals surface area contributed by atoms with E-state index in [1.54, 1.807) is 11.6 Å². The van der Waals surface area contributed by atoms with Gasteiger partial charge < -0.3 is 5.32 Å². The lowest BCUT2D eigenvalue weighted by molar-refractivity contribution is -0.123. The first-order valence-electron chi connectivity index (χ1n) is 6.81. The van der Waals surface area contributed by atoms with Crippen molar-refractivity contribution in [2.75, 3.05) is 0 Å². The van der Waals surface area contributed by atoms with Crippen molar-refractivity contribution in [2.24, 2.45) is 7.05 Å². The van der Waals surface area contributed by atoms with E-state index in [0.717, 1.165) is 17.5 Å². The van der Waals surface area contributed by atoms with Crippen LogP contribution in [0.15, 0.2) is 29.1 Å². The van der Waals surface area contributed by atoms with Crippen LogP contribution in [-0.2, 0) is 18.4 Å². The summed E-state index contributed by atoms with van der Waals surface area (Å²) in [6.45, 7) is 6.00. The largest absolute Gasteiger partial charge is 0.350 e. The Morgan fingerprint density at radius 2 is 1.85 bits per heavy atom. The van der Waals surface area contributed by atoms with Gasteiger partial charge in [0, 0.05) is 12.6 Å². The zero-order chi connectivity index (χ0) is 14.9. The Morgan fingerprint density at radius 3 is 2.45 bits per heavy atom. The zero-order valence-corrected chi connectivity index (χ0v) is 12.4. The predicted octanol–water partition coefficient (Wildman–Crippen LogP) is 1.64. The van der Waals surface area contributed by atoms with Gasteiger partial charge in [-0.1, -0.05) is 19.1 Å². The normalized spacial score (nSPS) is 11.8. The Labute approximate surface area is 118 Å². The van der Waals surface area contributed by atoms with Crippen LogP contribution in [-0.4, -0.2) is 20.6 Å². The van der Waals surface area contributed by atoms with Gasteiger partial charge in [0.2, 0.25) is 5.91 Å². The minimum absolute atomic E-state index is 0.0453. The van der Waals surface area contributed by atoms with Crippen LogP contribution in [0.5, 0.6) is 0 Å². The van der Waals surface area contributed by atoms with Crippen LogP contribution in [0.3, 0.4) is 0 Å². The minimum Gasteiger partial charge on any atom is -0.350 e. The van der Waals surface area contributed by atoms with Crippen LogP contribution in [0.25, 0.3) is 11.0 Å². The Hall–Kier alpha value is -2.04. The van der Waals surface area contributed by atoms with Gasteiger partial charge in [-0.25, -0.2) is 4.79 Å². The Morgan fingerprint density at radius 1 is 1.25 bits per heavy atom. The Balaban J connectivity index is 2.33. The van der Waals surface area contributed by atoms with Gasteiger partial charge in [-0.05, 0) is 32.4 Å². The lowest BCUT2D eigenvalue weighted by Crippen LogP contribution is -2.45. The summed E-state index contributed by atoms with van der Waals surface area (Å²) in [7, 11) is 1.72. The molecule has 0 aliphatic carbocycles. The average Bonchev–Trinajstić information content (AvgIpc) is 2.64. The maximum atomic E-state index is 12.2. The number of aryl methyl sites for hydroxylation is 1. The lowest BCUT2D eigenvalue weighted by Gasteiger charge is -2.24. The van der Waals surface area contributed by atoms with Crippen LogP contribution >= 0.6 is 0 Å². The first kappa shape index (κ1) is 14.4. The van der Waals surface area contributed by atoms with Crippen LogP contribution < -0.4 is 11.0 Å². The highest BCUT2D eigenvalue weighted by molar-refractivity contribution is 5.81. The highest BCUT2D eigenvalue weighted by atomic mass is 16.2. The highest BCUT2D eigenvalue weighted by Crippen LogP contribution is 2.12. The fourth-order valence-electron chi connectivity index (χ4n) is 2.16. The number of para-hydroxylation sites is 2. The van der Waals surface area contributed by atoms with E-state index >= 15 is 0 Å². The molecular weight excluding hydrogens is 254 g/mol. The van der Waals surface area contributed by atoms with Crippen molar-refractivity contribution >= 4 is 16.9 Å². The molecular formula is C15H21N3O2. The third-order valence-electron chi connectivity index (χ3n) is 3.72. The molecule has 2 aromatic rings. The molecule has 108 valence electrons. The maximum Gasteiger partial charge on any atom is 0.329 e. The number of hydrogen-bond donors (Lipinski definition) is 1. The van der Waals surface area contributed by atoms with Crippen molar-refractivity contribution in [3.63, 3.8) is 0 Å². The smallest absolute Gasteiger partial charge is 0.329 e. The molecule has 0 bridgehead atoms. The van der Waals surface area contributed by atoms with Crippen LogP contribution in [0.1, 0.15) is 27.2 Å². The Kier molecular flexibility index (Phi) is 3.70. The zero-order valence-electron chi connectivity index (χ0n) is 12.4. The number of aromatic nitrogens is 2. The molecule has 0 saturated carbocycles. The Bertz CT molecular complexity index is 695. The van der Waals surface area contributed by atoms with E-state index in [0.29, 0.717) is 0 Å². The van der Waals surface area contributed by atoms with Crippen molar-refractivity contribution in [3.8, 4) is 0 Å².